The maximum absolute atomic E-state index is 10.0. The normalized spacial score (nSPS) is 31.2. The van der Waals surface area contributed by atoms with E-state index in [0.29, 0.717) is 5.92 Å². The molecule has 3 fully saturated rings. The highest BCUT2D eigenvalue weighted by Gasteiger charge is 2.28. The molecule has 0 bridgehead atoms. The zero-order valence-corrected chi connectivity index (χ0v) is 17.9. The van der Waals surface area contributed by atoms with Crippen molar-refractivity contribution >= 4 is 29.9 Å². The van der Waals surface area contributed by atoms with Gasteiger partial charge in [-0.2, -0.15) is 0 Å². The number of nitrogens with zero attached hydrogens (tertiary/aromatic N) is 3. The number of aliphatic imine (C=N–C) groups is 1. The summed E-state index contributed by atoms with van der Waals surface area (Å²) < 4.78 is 5.44. The Morgan fingerprint density at radius 1 is 1.20 bits per heavy atom. The van der Waals surface area contributed by atoms with E-state index in [-0.39, 0.29) is 30.1 Å². The van der Waals surface area contributed by atoms with Gasteiger partial charge in [-0.25, -0.2) is 0 Å². The molecule has 0 amide bonds. The lowest BCUT2D eigenvalue weighted by atomic mass is 10.1. The van der Waals surface area contributed by atoms with Crippen molar-refractivity contribution in [1.82, 2.24) is 15.1 Å². The third-order valence-corrected chi connectivity index (χ3v) is 5.63. The molecular weight excluding hydrogens is 431 g/mol. The number of aliphatic hydroxyl groups is 1. The molecule has 146 valence electrons. The molecule has 0 radical (unpaired) electrons. The lowest BCUT2D eigenvalue weighted by Gasteiger charge is -2.29. The summed E-state index contributed by atoms with van der Waals surface area (Å²) in [7, 11) is 0. The van der Waals surface area contributed by atoms with Gasteiger partial charge in [-0.05, 0) is 32.1 Å². The van der Waals surface area contributed by atoms with Gasteiger partial charge in [0.15, 0.2) is 5.96 Å². The highest BCUT2D eigenvalue weighted by molar-refractivity contribution is 14.0. The Morgan fingerprint density at radius 3 is 2.68 bits per heavy atom. The summed E-state index contributed by atoms with van der Waals surface area (Å²) in [5.74, 6) is 2.12. The van der Waals surface area contributed by atoms with Gasteiger partial charge in [0.1, 0.15) is 0 Å². The van der Waals surface area contributed by atoms with E-state index in [1.165, 1.54) is 13.0 Å². The van der Waals surface area contributed by atoms with Crippen molar-refractivity contribution in [2.24, 2.45) is 16.8 Å². The zero-order chi connectivity index (χ0) is 16.8. The molecule has 7 heteroatoms. The number of nitrogens with one attached hydrogen (secondary N) is 1. The van der Waals surface area contributed by atoms with Crippen molar-refractivity contribution in [3.8, 4) is 0 Å². The van der Waals surface area contributed by atoms with Crippen LogP contribution in [0.25, 0.3) is 0 Å². The fraction of sp³-hybridized carbons (Fsp3) is 0.944. The van der Waals surface area contributed by atoms with Gasteiger partial charge in [0.2, 0.25) is 0 Å². The molecule has 6 nitrogen and oxygen atoms in total. The highest BCUT2D eigenvalue weighted by atomic mass is 127. The van der Waals surface area contributed by atoms with Gasteiger partial charge in [-0.15, -0.1) is 24.0 Å². The first-order valence-electron chi connectivity index (χ1n) is 9.77. The fourth-order valence-electron chi connectivity index (χ4n) is 4.18. The summed E-state index contributed by atoms with van der Waals surface area (Å²) in [5.41, 5.74) is 0. The summed E-state index contributed by atoms with van der Waals surface area (Å²) in [6.07, 6.45) is 4.30. The molecule has 0 aromatic heterocycles. The number of halogens is 1. The van der Waals surface area contributed by atoms with Gasteiger partial charge < -0.3 is 20.1 Å². The lowest BCUT2D eigenvalue weighted by molar-refractivity contribution is 0.0315. The van der Waals surface area contributed by atoms with Crippen LogP contribution in [0.5, 0.6) is 0 Å². The number of aliphatic hydroxyl groups excluding tert-OH is 1. The van der Waals surface area contributed by atoms with E-state index >= 15 is 0 Å². The van der Waals surface area contributed by atoms with Crippen LogP contribution in [0.1, 0.15) is 32.6 Å². The third kappa shape index (κ3) is 6.22. The Kier molecular flexibility index (Phi) is 9.23. The molecule has 0 aromatic rings. The summed E-state index contributed by atoms with van der Waals surface area (Å²) in [5, 5.41) is 13.5. The summed E-state index contributed by atoms with van der Waals surface area (Å²) in [6, 6.07) is 0. The van der Waals surface area contributed by atoms with E-state index in [1.807, 2.05) is 0 Å². The van der Waals surface area contributed by atoms with E-state index < -0.39 is 0 Å². The molecule has 3 aliphatic rings. The van der Waals surface area contributed by atoms with Gasteiger partial charge in [-0.1, -0.05) is 6.42 Å². The minimum Gasteiger partial charge on any atom is -0.393 e. The fourth-order valence-corrected chi connectivity index (χ4v) is 4.18. The Hall–Kier alpha value is -0.120. The average Bonchev–Trinajstić information content (AvgIpc) is 3.22. The molecular formula is C18H35IN4O2. The predicted octanol–water partition coefficient (Wildman–Crippen LogP) is 1.39. The van der Waals surface area contributed by atoms with E-state index in [9.17, 15) is 5.11 Å². The number of hydrogen-bond acceptors (Lipinski definition) is 4. The van der Waals surface area contributed by atoms with E-state index in [4.69, 9.17) is 9.73 Å². The first-order chi connectivity index (χ1) is 11.8. The van der Waals surface area contributed by atoms with Gasteiger partial charge in [-0.3, -0.25) is 9.89 Å². The first-order valence-corrected chi connectivity index (χ1v) is 9.77. The van der Waals surface area contributed by atoms with Crippen molar-refractivity contribution in [2.75, 3.05) is 59.0 Å². The van der Waals surface area contributed by atoms with Crippen LogP contribution in [0, 0.1) is 11.8 Å². The lowest BCUT2D eigenvalue weighted by Crippen LogP contribution is -2.42. The number of hydrogen-bond donors (Lipinski definition) is 2. The van der Waals surface area contributed by atoms with Crippen LogP contribution in [0.2, 0.25) is 0 Å². The first kappa shape index (κ1) is 21.2. The molecule has 2 heterocycles. The predicted molar refractivity (Wildman–Crippen MR) is 112 cm³/mol. The highest BCUT2D eigenvalue weighted by Crippen LogP contribution is 2.26. The maximum atomic E-state index is 10.0. The molecule has 3 atom stereocenters. The minimum atomic E-state index is -0.149. The van der Waals surface area contributed by atoms with Crippen molar-refractivity contribution in [3.63, 3.8) is 0 Å². The Morgan fingerprint density at radius 2 is 2.00 bits per heavy atom. The molecule has 3 unspecified atom stereocenters. The number of rotatable bonds is 5. The Labute approximate surface area is 169 Å². The number of ether oxygens (including phenoxy) is 1. The number of guanidine groups is 1. The zero-order valence-electron chi connectivity index (χ0n) is 15.5. The van der Waals surface area contributed by atoms with Crippen LogP contribution in [-0.2, 0) is 4.74 Å². The third-order valence-electron chi connectivity index (χ3n) is 5.63. The van der Waals surface area contributed by atoms with Crippen LogP contribution in [0.15, 0.2) is 4.99 Å². The quantitative estimate of drug-likeness (QED) is 0.365. The van der Waals surface area contributed by atoms with Crippen LogP contribution in [0.3, 0.4) is 0 Å². The second-order valence-corrected chi connectivity index (χ2v) is 7.47. The van der Waals surface area contributed by atoms with Crippen LogP contribution >= 0.6 is 24.0 Å². The molecule has 2 N–H and O–H groups in total. The van der Waals surface area contributed by atoms with Gasteiger partial charge in [0, 0.05) is 51.7 Å². The molecule has 0 aromatic carbocycles. The van der Waals surface area contributed by atoms with Crippen molar-refractivity contribution in [1.29, 1.82) is 0 Å². The molecule has 1 aliphatic carbocycles. The SMILES string of the molecule is CCNC(=NCC1CCCC1O)N1CCC(CN2CCOCC2)C1.I. The summed E-state index contributed by atoms with van der Waals surface area (Å²) in [4.78, 5) is 9.80. The summed E-state index contributed by atoms with van der Waals surface area (Å²) in [6.45, 7) is 11.1. The largest absolute Gasteiger partial charge is 0.393 e. The average molecular weight is 466 g/mol. The van der Waals surface area contributed by atoms with E-state index in [2.05, 4.69) is 22.0 Å². The Balaban J connectivity index is 0.00000225. The van der Waals surface area contributed by atoms with Crippen molar-refractivity contribution < 1.29 is 9.84 Å². The standard InChI is InChI=1S/C18H34N4O2.HI/c1-2-19-18(20-12-16-4-3-5-17(16)23)22-7-6-15(14-22)13-21-8-10-24-11-9-21;/h15-17,23H,2-14H2,1H3,(H,19,20);1H. The molecule has 2 aliphatic heterocycles. The monoisotopic (exact) mass is 466 g/mol. The van der Waals surface area contributed by atoms with E-state index in [1.54, 1.807) is 0 Å². The minimum absolute atomic E-state index is 0. The molecule has 0 spiro atoms. The molecule has 1 saturated carbocycles. The van der Waals surface area contributed by atoms with Crippen LogP contribution in [-0.4, -0.2) is 86.0 Å². The van der Waals surface area contributed by atoms with E-state index in [0.717, 1.165) is 83.6 Å². The van der Waals surface area contributed by atoms with Crippen molar-refractivity contribution in [3.05, 3.63) is 0 Å². The molecule has 2 saturated heterocycles. The maximum Gasteiger partial charge on any atom is 0.193 e. The van der Waals surface area contributed by atoms with Gasteiger partial charge in [0.25, 0.3) is 0 Å². The van der Waals surface area contributed by atoms with Crippen molar-refractivity contribution in [2.45, 2.75) is 38.7 Å². The molecule has 3 rings (SSSR count). The number of likely N-dealkylation sites (tertiary alicyclic amines) is 1. The molecule has 25 heavy (non-hydrogen) atoms. The topological polar surface area (TPSA) is 60.3 Å². The Bertz CT molecular complexity index is 418. The second kappa shape index (κ2) is 10.9. The summed E-state index contributed by atoms with van der Waals surface area (Å²) >= 11 is 0. The van der Waals surface area contributed by atoms with Gasteiger partial charge in [0.05, 0.1) is 19.3 Å². The van der Waals surface area contributed by atoms with Crippen LogP contribution < -0.4 is 5.32 Å². The van der Waals surface area contributed by atoms with Crippen LogP contribution in [0.4, 0.5) is 0 Å². The smallest absolute Gasteiger partial charge is 0.193 e. The second-order valence-electron chi connectivity index (χ2n) is 7.47. The van der Waals surface area contributed by atoms with Gasteiger partial charge >= 0.3 is 0 Å². The number of morpholine rings is 1.